The first kappa shape index (κ1) is 34.1. The molecule has 242 valence electrons. The van der Waals surface area contributed by atoms with Gasteiger partial charge >= 0.3 is 0 Å². The Kier molecular flexibility index (Phi) is 11.5. The van der Waals surface area contributed by atoms with Crippen molar-refractivity contribution in [1.29, 1.82) is 0 Å². The van der Waals surface area contributed by atoms with Crippen LogP contribution in [0.1, 0.15) is 67.4 Å². The van der Waals surface area contributed by atoms with Crippen LogP contribution in [0.5, 0.6) is 5.75 Å². The van der Waals surface area contributed by atoms with Crippen molar-refractivity contribution >= 4 is 28.6 Å². The summed E-state index contributed by atoms with van der Waals surface area (Å²) < 4.78 is 5.98. The summed E-state index contributed by atoms with van der Waals surface area (Å²) in [7, 11) is 0. The van der Waals surface area contributed by atoms with Gasteiger partial charge in [0.15, 0.2) is 0 Å². The fourth-order valence-corrected chi connectivity index (χ4v) is 5.01. The summed E-state index contributed by atoms with van der Waals surface area (Å²) in [5.41, 5.74) is 1.70. The van der Waals surface area contributed by atoms with Crippen LogP contribution in [0.3, 0.4) is 0 Å². The SMILES string of the molecule is CC[C@@H](C)[C@H](NC(=O)c1ccc2ccccc2n1)C(=O)N[C@@H](Cc1ccccc1)[C@@H](O)COc1ccccc1C(=O)NC(C)(C)C. The third kappa shape index (κ3) is 9.37. The number of hydrogen-bond donors (Lipinski definition) is 4. The fraction of sp³-hybridized carbons (Fsp3) is 0.351. The number of para-hydroxylation sites is 2. The van der Waals surface area contributed by atoms with Crippen molar-refractivity contribution < 1.29 is 24.2 Å². The number of hydrogen-bond acceptors (Lipinski definition) is 6. The lowest BCUT2D eigenvalue weighted by molar-refractivity contribution is -0.125. The molecule has 1 heterocycles. The first-order chi connectivity index (χ1) is 21.9. The van der Waals surface area contributed by atoms with Gasteiger partial charge in [0.25, 0.3) is 11.8 Å². The smallest absolute Gasteiger partial charge is 0.270 e. The molecule has 4 N–H and O–H groups in total. The number of ether oxygens (including phenoxy) is 1. The number of amides is 3. The van der Waals surface area contributed by atoms with E-state index in [1.165, 1.54) is 0 Å². The zero-order chi connectivity index (χ0) is 33.3. The molecule has 9 heteroatoms. The Labute approximate surface area is 270 Å². The molecule has 0 bridgehead atoms. The van der Waals surface area contributed by atoms with E-state index in [1.807, 2.05) is 95.3 Å². The number of carbonyl (C=O) groups is 3. The Morgan fingerprint density at radius 2 is 1.52 bits per heavy atom. The average Bonchev–Trinajstić information content (AvgIpc) is 3.04. The summed E-state index contributed by atoms with van der Waals surface area (Å²) in [5.74, 6) is -1.06. The van der Waals surface area contributed by atoms with E-state index in [-0.39, 0.29) is 24.1 Å². The highest BCUT2D eigenvalue weighted by molar-refractivity contribution is 5.98. The van der Waals surface area contributed by atoms with Gasteiger partial charge in [-0.1, -0.05) is 87.0 Å². The number of aromatic nitrogens is 1. The molecular formula is C37H44N4O5. The maximum Gasteiger partial charge on any atom is 0.270 e. The molecule has 0 aliphatic carbocycles. The number of rotatable bonds is 13. The highest BCUT2D eigenvalue weighted by Gasteiger charge is 2.31. The predicted octanol–water partition coefficient (Wildman–Crippen LogP) is 5.08. The minimum atomic E-state index is -1.14. The second kappa shape index (κ2) is 15.5. The van der Waals surface area contributed by atoms with E-state index in [4.69, 9.17) is 4.74 Å². The van der Waals surface area contributed by atoms with Crippen LogP contribution >= 0.6 is 0 Å². The Morgan fingerprint density at radius 1 is 0.848 bits per heavy atom. The molecule has 3 amide bonds. The molecule has 0 saturated carbocycles. The standard InChI is InChI=1S/C37H44N4O5/c1-6-24(2)33(40-35(44)29-21-20-26-16-10-12-18-28(26)38-29)36(45)39-30(22-25-14-8-7-9-15-25)31(42)23-46-32-19-13-11-17-27(32)34(43)41-37(3,4)5/h7-21,24,30-31,33,42H,6,22-23H2,1-5H3,(H,39,45)(H,40,44)(H,41,43)/t24-,30+,31+,33+/m1/s1. The van der Waals surface area contributed by atoms with E-state index < -0.39 is 35.5 Å². The monoisotopic (exact) mass is 624 g/mol. The molecule has 0 spiro atoms. The third-order valence-corrected chi connectivity index (χ3v) is 7.73. The van der Waals surface area contributed by atoms with E-state index in [9.17, 15) is 19.5 Å². The predicted molar refractivity (Wildman–Crippen MR) is 180 cm³/mol. The minimum Gasteiger partial charge on any atom is -0.490 e. The number of aliphatic hydroxyl groups excluding tert-OH is 1. The second-order valence-electron chi connectivity index (χ2n) is 12.6. The molecule has 4 aromatic rings. The van der Waals surface area contributed by atoms with E-state index in [0.29, 0.717) is 29.7 Å². The Morgan fingerprint density at radius 3 is 2.24 bits per heavy atom. The first-order valence-corrected chi connectivity index (χ1v) is 15.7. The molecule has 1 aromatic heterocycles. The van der Waals surface area contributed by atoms with Crippen LogP contribution in [0.15, 0.2) is 91.0 Å². The molecule has 0 saturated heterocycles. The van der Waals surface area contributed by atoms with Gasteiger partial charge in [0.05, 0.1) is 17.1 Å². The molecule has 4 atom stereocenters. The zero-order valence-corrected chi connectivity index (χ0v) is 27.1. The molecule has 3 aromatic carbocycles. The molecule has 9 nitrogen and oxygen atoms in total. The van der Waals surface area contributed by atoms with E-state index >= 15 is 0 Å². The van der Waals surface area contributed by atoms with E-state index in [0.717, 1.165) is 10.9 Å². The fourth-order valence-electron chi connectivity index (χ4n) is 5.01. The lowest BCUT2D eigenvalue weighted by Crippen LogP contribution is -2.56. The van der Waals surface area contributed by atoms with Gasteiger partial charge < -0.3 is 25.8 Å². The number of nitrogens with one attached hydrogen (secondary N) is 3. The Balaban J connectivity index is 1.52. The van der Waals surface area contributed by atoms with Crippen molar-refractivity contribution in [2.75, 3.05) is 6.61 Å². The van der Waals surface area contributed by atoms with Gasteiger partial charge in [-0.2, -0.15) is 0 Å². The van der Waals surface area contributed by atoms with Crippen molar-refractivity contribution in [3.05, 3.63) is 108 Å². The summed E-state index contributed by atoms with van der Waals surface area (Å²) in [6.45, 7) is 9.33. The normalized spacial score (nSPS) is 14.0. The summed E-state index contributed by atoms with van der Waals surface area (Å²) in [6.07, 6.45) is -0.193. The molecule has 4 rings (SSSR count). The second-order valence-corrected chi connectivity index (χ2v) is 12.6. The van der Waals surface area contributed by atoms with E-state index in [1.54, 1.807) is 30.3 Å². The number of nitrogens with zero attached hydrogens (tertiary/aromatic N) is 1. The van der Waals surface area contributed by atoms with Crippen molar-refractivity contribution in [3.8, 4) is 5.75 Å². The molecule has 0 fully saturated rings. The number of aliphatic hydroxyl groups is 1. The van der Waals surface area contributed by atoms with Gasteiger partial charge in [-0.15, -0.1) is 0 Å². The minimum absolute atomic E-state index is 0.182. The van der Waals surface area contributed by atoms with Crippen LogP contribution in [-0.4, -0.2) is 58.1 Å². The summed E-state index contributed by atoms with van der Waals surface area (Å²) >= 11 is 0. The molecule has 0 radical (unpaired) electrons. The number of benzene rings is 3. The lowest BCUT2D eigenvalue weighted by atomic mass is 9.96. The highest BCUT2D eigenvalue weighted by atomic mass is 16.5. The largest absolute Gasteiger partial charge is 0.490 e. The maximum absolute atomic E-state index is 13.8. The van der Waals surface area contributed by atoms with Crippen molar-refractivity contribution in [2.45, 2.75) is 71.2 Å². The van der Waals surface area contributed by atoms with Crippen molar-refractivity contribution in [1.82, 2.24) is 20.9 Å². The molecule has 0 aliphatic heterocycles. The van der Waals surface area contributed by atoms with Gasteiger partial charge in [0.2, 0.25) is 5.91 Å². The molecule has 46 heavy (non-hydrogen) atoms. The van der Waals surface area contributed by atoms with Crippen LogP contribution in [0, 0.1) is 5.92 Å². The quantitative estimate of drug-likeness (QED) is 0.164. The van der Waals surface area contributed by atoms with Crippen LogP contribution in [0.4, 0.5) is 0 Å². The third-order valence-electron chi connectivity index (χ3n) is 7.73. The molecular weight excluding hydrogens is 580 g/mol. The highest BCUT2D eigenvalue weighted by Crippen LogP contribution is 2.20. The van der Waals surface area contributed by atoms with Gasteiger partial charge in [-0.25, -0.2) is 4.98 Å². The Bertz CT molecular complexity index is 1640. The van der Waals surface area contributed by atoms with Crippen LogP contribution in [0.25, 0.3) is 10.9 Å². The number of pyridine rings is 1. The van der Waals surface area contributed by atoms with E-state index in [2.05, 4.69) is 20.9 Å². The summed E-state index contributed by atoms with van der Waals surface area (Å²) in [5, 5.41) is 21.1. The van der Waals surface area contributed by atoms with Gasteiger partial charge in [-0.3, -0.25) is 14.4 Å². The van der Waals surface area contributed by atoms with Crippen molar-refractivity contribution in [3.63, 3.8) is 0 Å². The lowest BCUT2D eigenvalue weighted by Gasteiger charge is -2.29. The van der Waals surface area contributed by atoms with Crippen LogP contribution in [-0.2, 0) is 11.2 Å². The van der Waals surface area contributed by atoms with Gasteiger partial charge in [0, 0.05) is 10.9 Å². The molecule has 0 unspecified atom stereocenters. The molecule has 0 aliphatic rings. The van der Waals surface area contributed by atoms with Crippen LogP contribution < -0.4 is 20.7 Å². The summed E-state index contributed by atoms with van der Waals surface area (Å²) in [4.78, 5) is 44.5. The van der Waals surface area contributed by atoms with Crippen molar-refractivity contribution in [2.24, 2.45) is 5.92 Å². The average molecular weight is 625 g/mol. The topological polar surface area (TPSA) is 130 Å². The van der Waals surface area contributed by atoms with Gasteiger partial charge in [-0.05, 0) is 62.9 Å². The van der Waals surface area contributed by atoms with Gasteiger partial charge in [0.1, 0.15) is 30.2 Å². The summed E-state index contributed by atoms with van der Waals surface area (Å²) in [6, 6.07) is 25.7. The van der Waals surface area contributed by atoms with Crippen LogP contribution in [0.2, 0.25) is 0 Å². The first-order valence-electron chi connectivity index (χ1n) is 15.7. The maximum atomic E-state index is 13.8. The number of carbonyl (C=O) groups excluding carboxylic acids is 3. The Hall–Kier alpha value is -4.76. The zero-order valence-electron chi connectivity index (χ0n) is 27.1. The number of fused-ring (bicyclic) bond motifs is 1.